The molecule has 0 radical (unpaired) electrons. The average molecular weight is 219 g/mol. The van der Waals surface area contributed by atoms with E-state index in [0.29, 0.717) is 13.0 Å². The first-order valence-electron chi connectivity index (χ1n) is 5.31. The van der Waals surface area contributed by atoms with Crippen LogP contribution in [0.2, 0.25) is 0 Å². The Morgan fingerprint density at radius 3 is 2.94 bits per heavy atom. The van der Waals surface area contributed by atoms with Crippen molar-refractivity contribution in [3.63, 3.8) is 0 Å². The van der Waals surface area contributed by atoms with Crippen LogP contribution in [0.4, 0.5) is 5.69 Å². The van der Waals surface area contributed by atoms with Gasteiger partial charge in [-0.25, -0.2) is 0 Å². The van der Waals surface area contributed by atoms with E-state index in [2.05, 4.69) is 16.0 Å². The molecule has 0 aliphatic heterocycles. The van der Waals surface area contributed by atoms with Crippen molar-refractivity contribution in [3.05, 3.63) is 24.0 Å². The maximum absolute atomic E-state index is 8.64. The summed E-state index contributed by atoms with van der Waals surface area (Å²) in [5.74, 6) is 0. The molecule has 0 fully saturated rings. The van der Waals surface area contributed by atoms with Crippen molar-refractivity contribution in [1.29, 1.82) is 5.26 Å². The SMILES string of the molecule is COCCN(CCC#N)c1ccncc1C. The molecule has 0 saturated heterocycles. The van der Waals surface area contributed by atoms with E-state index in [-0.39, 0.29) is 0 Å². The molecule has 0 bridgehead atoms. The number of nitrogens with zero attached hydrogens (tertiary/aromatic N) is 3. The van der Waals surface area contributed by atoms with E-state index in [1.165, 1.54) is 0 Å². The molecule has 0 amide bonds. The molecule has 1 heterocycles. The number of hydrogen-bond acceptors (Lipinski definition) is 4. The van der Waals surface area contributed by atoms with Crippen molar-refractivity contribution in [2.75, 3.05) is 31.7 Å². The van der Waals surface area contributed by atoms with Gasteiger partial charge in [0.2, 0.25) is 0 Å². The largest absolute Gasteiger partial charge is 0.383 e. The zero-order chi connectivity index (χ0) is 11.8. The molecule has 4 nitrogen and oxygen atoms in total. The van der Waals surface area contributed by atoms with Crippen molar-refractivity contribution in [1.82, 2.24) is 4.98 Å². The zero-order valence-electron chi connectivity index (χ0n) is 9.81. The first kappa shape index (κ1) is 12.5. The number of rotatable bonds is 6. The minimum atomic E-state index is 0.519. The highest BCUT2D eigenvalue weighted by atomic mass is 16.5. The maximum Gasteiger partial charge on any atom is 0.0640 e. The lowest BCUT2D eigenvalue weighted by Gasteiger charge is -2.24. The Kier molecular flexibility index (Phi) is 5.30. The summed E-state index contributed by atoms with van der Waals surface area (Å²) in [6.07, 6.45) is 4.13. The van der Waals surface area contributed by atoms with Gasteiger partial charge >= 0.3 is 0 Å². The number of methoxy groups -OCH3 is 1. The van der Waals surface area contributed by atoms with Crippen molar-refractivity contribution in [2.45, 2.75) is 13.3 Å². The fourth-order valence-electron chi connectivity index (χ4n) is 1.56. The lowest BCUT2D eigenvalue weighted by molar-refractivity contribution is 0.205. The number of ether oxygens (including phenoxy) is 1. The molecule has 1 aromatic heterocycles. The summed E-state index contributed by atoms with van der Waals surface area (Å²) >= 11 is 0. The van der Waals surface area contributed by atoms with E-state index < -0.39 is 0 Å². The molecule has 1 rings (SSSR count). The highest BCUT2D eigenvalue weighted by Gasteiger charge is 2.08. The van der Waals surface area contributed by atoms with Crippen molar-refractivity contribution >= 4 is 5.69 Å². The van der Waals surface area contributed by atoms with Gasteiger partial charge in [-0.1, -0.05) is 0 Å². The topological polar surface area (TPSA) is 49.1 Å². The zero-order valence-corrected chi connectivity index (χ0v) is 9.81. The molecular formula is C12H17N3O. The second kappa shape index (κ2) is 6.81. The van der Waals surface area contributed by atoms with E-state index in [4.69, 9.17) is 10.00 Å². The van der Waals surface area contributed by atoms with Crippen LogP contribution in [0.15, 0.2) is 18.5 Å². The van der Waals surface area contributed by atoms with Crippen LogP contribution in [-0.2, 0) is 4.74 Å². The van der Waals surface area contributed by atoms with Gasteiger partial charge in [-0.3, -0.25) is 4.98 Å². The molecule has 0 unspecified atom stereocenters. The summed E-state index contributed by atoms with van der Waals surface area (Å²) in [4.78, 5) is 6.22. The molecule has 0 N–H and O–H groups in total. The van der Waals surface area contributed by atoms with Gasteiger partial charge in [0.15, 0.2) is 0 Å². The molecule has 0 saturated carbocycles. The summed E-state index contributed by atoms with van der Waals surface area (Å²) in [5.41, 5.74) is 2.25. The number of hydrogen-bond donors (Lipinski definition) is 0. The first-order valence-corrected chi connectivity index (χ1v) is 5.31. The third-order valence-electron chi connectivity index (χ3n) is 2.39. The number of anilines is 1. The number of nitriles is 1. The predicted molar refractivity (Wildman–Crippen MR) is 63.3 cm³/mol. The van der Waals surface area contributed by atoms with Gasteiger partial charge in [-0.05, 0) is 18.6 Å². The van der Waals surface area contributed by atoms with Crippen LogP contribution in [0.5, 0.6) is 0 Å². The van der Waals surface area contributed by atoms with Crippen LogP contribution in [0.1, 0.15) is 12.0 Å². The number of aryl methyl sites for hydroxylation is 1. The Labute approximate surface area is 96.5 Å². The minimum absolute atomic E-state index is 0.519. The fourth-order valence-corrected chi connectivity index (χ4v) is 1.56. The Bertz CT molecular complexity index is 360. The molecule has 0 spiro atoms. The van der Waals surface area contributed by atoms with Gasteiger partial charge in [0.25, 0.3) is 0 Å². The third kappa shape index (κ3) is 3.52. The fraction of sp³-hybridized carbons (Fsp3) is 0.500. The van der Waals surface area contributed by atoms with Crippen LogP contribution in [-0.4, -0.2) is 31.8 Å². The van der Waals surface area contributed by atoms with Crippen LogP contribution in [0, 0.1) is 18.3 Å². The van der Waals surface area contributed by atoms with Crippen molar-refractivity contribution in [2.24, 2.45) is 0 Å². The van der Waals surface area contributed by atoms with Crippen LogP contribution < -0.4 is 4.90 Å². The molecule has 1 aromatic rings. The monoisotopic (exact) mass is 219 g/mol. The normalized spacial score (nSPS) is 9.81. The first-order chi connectivity index (χ1) is 7.79. The molecule has 16 heavy (non-hydrogen) atoms. The number of aromatic nitrogens is 1. The van der Waals surface area contributed by atoms with Crippen LogP contribution in [0.25, 0.3) is 0 Å². The summed E-state index contributed by atoms with van der Waals surface area (Å²) < 4.78 is 5.07. The lowest BCUT2D eigenvalue weighted by Crippen LogP contribution is -2.28. The summed E-state index contributed by atoms with van der Waals surface area (Å²) in [5, 5.41) is 8.64. The van der Waals surface area contributed by atoms with E-state index in [1.807, 2.05) is 19.2 Å². The highest BCUT2D eigenvalue weighted by molar-refractivity contribution is 5.51. The molecule has 0 aliphatic rings. The van der Waals surface area contributed by atoms with Crippen LogP contribution >= 0.6 is 0 Å². The summed E-state index contributed by atoms with van der Waals surface area (Å²) in [6.45, 7) is 4.20. The summed E-state index contributed by atoms with van der Waals surface area (Å²) in [7, 11) is 1.68. The Balaban J connectivity index is 2.75. The van der Waals surface area contributed by atoms with Gasteiger partial charge in [0.05, 0.1) is 19.1 Å². The van der Waals surface area contributed by atoms with Gasteiger partial charge in [0.1, 0.15) is 0 Å². The molecular weight excluding hydrogens is 202 g/mol. The Morgan fingerprint density at radius 1 is 1.50 bits per heavy atom. The van der Waals surface area contributed by atoms with Gasteiger partial charge < -0.3 is 9.64 Å². The third-order valence-corrected chi connectivity index (χ3v) is 2.39. The Hall–Kier alpha value is -1.60. The van der Waals surface area contributed by atoms with E-state index >= 15 is 0 Å². The molecule has 86 valence electrons. The predicted octanol–water partition coefficient (Wildman–Crippen LogP) is 1.76. The molecule has 4 heteroatoms. The van der Waals surface area contributed by atoms with Gasteiger partial charge in [-0.2, -0.15) is 5.26 Å². The molecule has 0 atom stereocenters. The van der Waals surface area contributed by atoms with E-state index in [1.54, 1.807) is 13.3 Å². The molecule has 0 aliphatic carbocycles. The Morgan fingerprint density at radius 2 is 2.31 bits per heavy atom. The average Bonchev–Trinajstić information content (AvgIpc) is 2.31. The molecule has 0 aromatic carbocycles. The standard InChI is InChI=1S/C12H17N3O/c1-11-10-14-6-4-12(11)15(7-3-5-13)8-9-16-2/h4,6,10H,3,7-9H2,1-2H3. The highest BCUT2D eigenvalue weighted by Crippen LogP contribution is 2.18. The van der Waals surface area contributed by atoms with Gasteiger partial charge in [-0.15, -0.1) is 0 Å². The minimum Gasteiger partial charge on any atom is -0.383 e. The quantitative estimate of drug-likeness (QED) is 0.731. The van der Waals surface area contributed by atoms with E-state index in [0.717, 1.165) is 24.3 Å². The van der Waals surface area contributed by atoms with E-state index in [9.17, 15) is 0 Å². The van der Waals surface area contributed by atoms with Crippen molar-refractivity contribution in [3.8, 4) is 6.07 Å². The second-order valence-electron chi connectivity index (χ2n) is 3.55. The van der Waals surface area contributed by atoms with Gasteiger partial charge in [0, 0.05) is 38.3 Å². The lowest BCUT2D eigenvalue weighted by atomic mass is 10.2. The van der Waals surface area contributed by atoms with Crippen LogP contribution in [0.3, 0.4) is 0 Å². The van der Waals surface area contributed by atoms with Crippen molar-refractivity contribution < 1.29 is 4.74 Å². The smallest absolute Gasteiger partial charge is 0.0640 e. The second-order valence-corrected chi connectivity index (χ2v) is 3.55. The maximum atomic E-state index is 8.64. The number of pyridine rings is 1. The summed E-state index contributed by atoms with van der Waals surface area (Å²) in [6, 6.07) is 4.14.